The van der Waals surface area contributed by atoms with E-state index in [1.807, 2.05) is 12.1 Å². The van der Waals surface area contributed by atoms with Crippen molar-refractivity contribution in [1.82, 2.24) is 0 Å². The zero-order valence-corrected chi connectivity index (χ0v) is 22.1. The molecule has 0 unspecified atom stereocenters. The smallest absolute Gasteiger partial charge is 0.331 e. The summed E-state index contributed by atoms with van der Waals surface area (Å²) in [7, 11) is 0. The molecule has 0 amide bonds. The van der Waals surface area contributed by atoms with Crippen molar-refractivity contribution in [2.75, 3.05) is 11.5 Å². The monoisotopic (exact) mass is 506 g/mol. The summed E-state index contributed by atoms with van der Waals surface area (Å²) in [6, 6.07) is 12.2. The summed E-state index contributed by atoms with van der Waals surface area (Å²) in [5.41, 5.74) is 14.1. The fourth-order valence-corrected chi connectivity index (χ4v) is 4.85. The van der Waals surface area contributed by atoms with Crippen LogP contribution in [0.3, 0.4) is 0 Å². The highest BCUT2D eigenvalue weighted by atomic mass is 16.5. The second kappa shape index (κ2) is 15.1. The van der Waals surface area contributed by atoms with Crippen molar-refractivity contribution < 1.29 is 19.1 Å². The molecular weight excluding hydrogens is 464 g/mol. The van der Waals surface area contributed by atoms with E-state index in [1.54, 1.807) is 36.4 Å². The average Bonchev–Trinajstić information content (AvgIpc) is 2.90. The average molecular weight is 507 g/mol. The minimum Gasteiger partial charge on any atom is -0.458 e. The molecule has 0 heterocycles. The molecule has 2 aromatic carbocycles. The van der Waals surface area contributed by atoms with Gasteiger partial charge in [0.1, 0.15) is 12.4 Å². The third-order valence-electron chi connectivity index (χ3n) is 7.20. The van der Waals surface area contributed by atoms with Crippen LogP contribution < -0.4 is 16.2 Å². The molecule has 4 N–H and O–H groups in total. The van der Waals surface area contributed by atoms with E-state index in [-0.39, 0.29) is 18.5 Å². The first kappa shape index (κ1) is 28.3. The van der Waals surface area contributed by atoms with Crippen molar-refractivity contribution in [3.05, 3.63) is 59.7 Å². The molecule has 0 spiro atoms. The normalized spacial score (nSPS) is 17.5. The number of carbonyl (C=O) groups excluding carboxylic acids is 2. The molecule has 1 aliphatic rings. The van der Waals surface area contributed by atoms with Gasteiger partial charge in [-0.15, -0.1) is 0 Å². The lowest BCUT2D eigenvalue weighted by atomic mass is 9.80. The van der Waals surface area contributed by atoms with E-state index in [9.17, 15) is 9.59 Å². The number of ether oxygens (including phenoxy) is 2. The van der Waals surface area contributed by atoms with Gasteiger partial charge in [-0.05, 0) is 67.5 Å². The number of hydrogen-bond donors (Lipinski definition) is 2. The Morgan fingerprint density at radius 1 is 0.919 bits per heavy atom. The van der Waals surface area contributed by atoms with Crippen molar-refractivity contribution in [2.45, 2.75) is 84.2 Å². The van der Waals surface area contributed by atoms with Crippen LogP contribution in [0, 0.1) is 11.8 Å². The van der Waals surface area contributed by atoms with Crippen molar-refractivity contribution in [2.24, 2.45) is 11.8 Å². The second-order valence-electron chi connectivity index (χ2n) is 10.2. The number of rotatable bonds is 13. The van der Waals surface area contributed by atoms with Crippen molar-refractivity contribution in [1.29, 1.82) is 0 Å². The van der Waals surface area contributed by atoms with Gasteiger partial charge >= 0.3 is 11.9 Å². The lowest BCUT2D eigenvalue weighted by molar-refractivity contribution is -0.140. The van der Waals surface area contributed by atoms with Gasteiger partial charge in [-0.25, -0.2) is 4.79 Å². The maximum atomic E-state index is 12.7. The third kappa shape index (κ3) is 9.95. The van der Waals surface area contributed by atoms with Crippen molar-refractivity contribution >= 4 is 29.4 Å². The van der Waals surface area contributed by atoms with Gasteiger partial charge in [0.25, 0.3) is 0 Å². The molecule has 3 rings (SSSR count). The van der Waals surface area contributed by atoms with Gasteiger partial charge in [0, 0.05) is 23.0 Å². The molecule has 1 aliphatic carbocycles. The Bertz CT molecular complexity index is 1020. The number of nitrogen functional groups attached to an aromatic ring is 2. The Hall–Kier alpha value is -3.28. The fourth-order valence-electron chi connectivity index (χ4n) is 4.85. The minimum absolute atomic E-state index is 0.00904. The van der Waals surface area contributed by atoms with Crippen LogP contribution >= 0.6 is 0 Å². The Labute approximate surface area is 221 Å². The fraction of sp³-hybridized carbons (Fsp3) is 0.484. The zero-order chi connectivity index (χ0) is 26.5. The lowest BCUT2D eigenvalue weighted by Crippen LogP contribution is -2.25. The van der Waals surface area contributed by atoms with Crippen molar-refractivity contribution in [3.8, 4) is 5.75 Å². The van der Waals surface area contributed by atoms with Gasteiger partial charge in [0.15, 0.2) is 0 Å². The summed E-state index contributed by atoms with van der Waals surface area (Å²) in [6.45, 7) is 2.33. The SMILES string of the molecule is CCCCCCCCC1CCC(C(=O)Oc2ccc(/C=C/C(=O)OCc3ccc(N)cc3N)cc2)CC1. The molecule has 1 saturated carbocycles. The topological polar surface area (TPSA) is 105 Å². The van der Waals surface area contributed by atoms with Crippen LogP contribution in [0.4, 0.5) is 11.4 Å². The largest absolute Gasteiger partial charge is 0.458 e. The summed E-state index contributed by atoms with van der Waals surface area (Å²) >= 11 is 0. The minimum atomic E-state index is -0.473. The lowest BCUT2D eigenvalue weighted by Gasteiger charge is -2.27. The summed E-state index contributed by atoms with van der Waals surface area (Å²) < 4.78 is 10.9. The molecule has 0 aromatic heterocycles. The number of carbonyl (C=O) groups is 2. The zero-order valence-electron chi connectivity index (χ0n) is 22.1. The van der Waals surface area contributed by atoms with E-state index < -0.39 is 5.97 Å². The van der Waals surface area contributed by atoms with Crippen LogP contribution in [0.15, 0.2) is 48.5 Å². The Balaban J connectivity index is 1.35. The molecular formula is C31H42N2O4. The summed E-state index contributed by atoms with van der Waals surface area (Å²) in [6.07, 6.45) is 16.4. The number of esters is 2. The van der Waals surface area contributed by atoms with Gasteiger partial charge in [0.2, 0.25) is 0 Å². The maximum Gasteiger partial charge on any atom is 0.331 e. The summed E-state index contributed by atoms with van der Waals surface area (Å²) in [4.78, 5) is 24.7. The molecule has 1 fully saturated rings. The number of unbranched alkanes of at least 4 members (excludes halogenated alkanes) is 5. The standard InChI is InChI=1S/C31H42N2O4/c1-2-3-4-5-6-7-8-23-9-14-25(15-10-23)31(35)37-28-18-11-24(12-19-28)13-20-30(34)36-22-26-16-17-27(32)21-29(26)33/h11-13,16-21,23,25H,2-10,14-15,22,32-33H2,1H3/b20-13+. The predicted octanol–water partition coefficient (Wildman–Crippen LogP) is 7.07. The first-order valence-corrected chi connectivity index (χ1v) is 13.7. The third-order valence-corrected chi connectivity index (χ3v) is 7.20. The highest BCUT2D eigenvalue weighted by molar-refractivity contribution is 5.87. The van der Waals surface area contributed by atoms with Gasteiger partial charge in [-0.2, -0.15) is 0 Å². The summed E-state index contributed by atoms with van der Waals surface area (Å²) in [5, 5.41) is 0. The van der Waals surface area contributed by atoms with E-state index >= 15 is 0 Å². The highest BCUT2D eigenvalue weighted by Crippen LogP contribution is 2.33. The summed E-state index contributed by atoms with van der Waals surface area (Å²) in [5.74, 6) is 0.672. The van der Waals surface area contributed by atoms with E-state index in [0.717, 1.165) is 37.2 Å². The van der Waals surface area contributed by atoms with E-state index in [0.29, 0.717) is 22.7 Å². The molecule has 2 aromatic rings. The number of nitrogens with two attached hydrogens (primary N) is 2. The molecule has 0 radical (unpaired) electrons. The highest BCUT2D eigenvalue weighted by Gasteiger charge is 2.27. The molecule has 200 valence electrons. The van der Waals surface area contributed by atoms with E-state index in [4.69, 9.17) is 20.9 Å². The molecule has 37 heavy (non-hydrogen) atoms. The molecule has 0 aliphatic heterocycles. The van der Waals surface area contributed by atoms with Crippen LogP contribution in [0.25, 0.3) is 6.08 Å². The molecule has 6 nitrogen and oxygen atoms in total. The Morgan fingerprint density at radius 2 is 1.62 bits per heavy atom. The number of anilines is 2. The van der Waals surface area contributed by atoms with Gasteiger partial charge in [-0.3, -0.25) is 4.79 Å². The van der Waals surface area contributed by atoms with E-state index in [1.165, 1.54) is 51.0 Å². The van der Waals surface area contributed by atoms with Crippen LogP contribution in [0.2, 0.25) is 0 Å². The number of hydrogen-bond acceptors (Lipinski definition) is 6. The molecule has 0 saturated heterocycles. The second-order valence-corrected chi connectivity index (χ2v) is 10.2. The Morgan fingerprint density at radius 3 is 2.32 bits per heavy atom. The molecule has 6 heteroatoms. The van der Waals surface area contributed by atoms with Crippen molar-refractivity contribution in [3.63, 3.8) is 0 Å². The van der Waals surface area contributed by atoms with Crippen LogP contribution in [0.1, 0.15) is 88.7 Å². The van der Waals surface area contributed by atoms with Gasteiger partial charge in [-0.1, -0.05) is 70.1 Å². The predicted molar refractivity (Wildman–Crippen MR) is 150 cm³/mol. The number of benzene rings is 2. The first-order valence-electron chi connectivity index (χ1n) is 13.7. The van der Waals surface area contributed by atoms with E-state index in [2.05, 4.69) is 6.92 Å². The van der Waals surface area contributed by atoms with Gasteiger partial charge < -0.3 is 20.9 Å². The maximum absolute atomic E-state index is 12.7. The van der Waals surface area contributed by atoms with Crippen LogP contribution in [-0.2, 0) is 20.9 Å². The van der Waals surface area contributed by atoms with Crippen LogP contribution in [0.5, 0.6) is 5.75 Å². The molecule has 0 bridgehead atoms. The van der Waals surface area contributed by atoms with Crippen LogP contribution in [-0.4, -0.2) is 11.9 Å². The quantitative estimate of drug-likeness (QED) is 0.0989. The molecule has 0 atom stereocenters. The first-order chi connectivity index (χ1) is 17.9. The Kier molecular flexibility index (Phi) is 11.5. The van der Waals surface area contributed by atoms with Gasteiger partial charge in [0.05, 0.1) is 5.92 Å².